The highest BCUT2D eigenvalue weighted by Crippen LogP contribution is 2.14. The molecule has 0 aliphatic rings. The molecule has 1 heterocycles. The topological polar surface area (TPSA) is 63.5 Å². The minimum atomic E-state index is 0.283. The third kappa shape index (κ3) is 8.19. The van der Waals surface area contributed by atoms with Crippen LogP contribution >= 0.6 is 0 Å². The fourth-order valence-electron chi connectivity index (χ4n) is 3.47. The van der Waals surface area contributed by atoms with E-state index in [1.165, 1.54) is 16.8 Å². The Bertz CT molecular complexity index is 769. The molecule has 0 fully saturated rings. The maximum Gasteiger partial charge on any atom is 0.191 e. The predicted molar refractivity (Wildman–Crippen MR) is 125 cm³/mol. The van der Waals surface area contributed by atoms with Crippen LogP contribution in [0.4, 0.5) is 0 Å². The van der Waals surface area contributed by atoms with Gasteiger partial charge in [0.05, 0.1) is 12.3 Å². The first-order valence-corrected chi connectivity index (χ1v) is 11.2. The Hall–Kier alpha value is -2.34. The summed E-state index contributed by atoms with van der Waals surface area (Å²) in [4.78, 5) is 4.73. The number of nitrogens with one attached hydrogen (secondary N) is 2. The van der Waals surface area contributed by atoms with Crippen LogP contribution in [0.2, 0.25) is 0 Å². The summed E-state index contributed by atoms with van der Waals surface area (Å²) >= 11 is 0. The van der Waals surface area contributed by atoms with Gasteiger partial charge < -0.3 is 15.4 Å². The Kier molecular flexibility index (Phi) is 10.4. The van der Waals surface area contributed by atoms with Crippen LogP contribution in [0.5, 0.6) is 0 Å². The second-order valence-corrected chi connectivity index (χ2v) is 7.84. The minimum absolute atomic E-state index is 0.283. The molecule has 166 valence electrons. The molecule has 0 amide bonds. The standard InChI is InChI=1S/C24H39N5O/c1-6-25-24(27-19(2)18-23-20(3)28-29(5)21(23)4)26-15-10-11-16-30-17-14-22-12-8-7-9-13-22/h7-9,12-13,19H,6,10-11,14-18H2,1-5H3,(H2,25,26,27). The second-order valence-electron chi connectivity index (χ2n) is 7.84. The number of nitrogens with zero attached hydrogens (tertiary/aromatic N) is 3. The molecule has 6 heteroatoms. The molecule has 0 spiro atoms. The van der Waals surface area contributed by atoms with Crippen molar-refractivity contribution in [1.82, 2.24) is 20.4 Å². The predicted octanol–water partition coefficient (Wildman–Crippen LogP) is 3.56. The summed E-state index contributed by atoms with van der Waals surface area (Å²) in [5.74, 6) is 0.884. The number of hydrogen-bond donors (Lipinski definition) is 2. The molecule has 2 rings (SSSR count). The van der Waals surface area contributed by atoms with Crippen molar-refractivity contribution in [2.24, 2.45) is 12.0 Å². The first-order chi connectivity index (χ1) is 14.5. The van der Waals surface area contributed by atoms with Gasteiger partial charge in [-0.05, 0) is 64.5 Å². The monoisotopic (exact) mass is 413 g/mol. The molecule has 0 radical (unpaired) electrons. The zero-order chi connectivity index (χ0) is 21.8. The summed E-state index contributed by atoms with van der Waals surface area (Å²) in [5.41, 5.74) is 4.99. The van der Waals surface area contributed by atoms with Crippen molar-refractivity contribution in [3.8, 4) is 0 Å². The molecule has 0 saturated carbocycles. The summed E-state index contributed by atoms with van der Waals surface area (Å²) < 4.78 is 7.72. The molecule has 1 unspecified atom stereocenters. The lowest BCUT2D eigenvalue weighted by Gasteiger charge is -2.18. The van der Waals surface area contributed by atoms with Crippen LogP contribution in [0.1, 0.15) is 49.2 Å². The molecule has 6 nitrogen and oxygen atoms in total. The van der Waals surface area contributed by atoms with Crippen molar-refractivity contribution in [1.29, 1.82) is 0 Å². The molecule has 0 saturated heterocycles. The summed E-state index contributed by atoms with van der Waals surface area (Å²) in [6.45, 7) is 11.7. The molecule has 0 aliphatic heterocycles. The summed E-state index contributed by atoms with van der Waals surface area (Å²) in [7, 11) is 2.00. The van der Waals surface area contributed by atoms with Gasteiger partial charge in [0.25, 0.3) is 0 Å². The lowest BCUT2D eigenvalue weighted by atomic mass is 10.1. The number of unbranched alkanes of at least 4 members (excludes halogenated alkanes) is 1. The molecular weight excluding hydrogens is 374 g/mol. The van der Waals surface area contributed by atoms with Crippen molar-refractivity contribution in [3.05, 3.63) is 52.8 Å². The number of hydrogen-bond acceptors (Lipinski definition) is 3. The Morgan fingerprint density at radius 2 is 1.93 bits per heavy atom. The summed E-state index contributed by atoms with van der Waals surface area (Å²) in [5, 5.41) is 11.4. The van der Waals surface area contributed by atoms with E-state index in [0.29, 0.717) is 0 Å². The van der Waals surface area contributed by atoms with E-state index in [1.54, 1.807) is 0 Å². The third-order valence-corrected chi connectivity index (χ3v) is 5.24. The lowest BCUT2D eigenvalue weighted by molar-refractivity contribution is 0.134. The first kappa shape index (κ1) is 23.9. The number of benzene rings is 1. The quantitative estimate of drug-likeness (QED) is 0.317. The summed E-state index contributed by atoms with van der Waals surface area (Å²) in [6, 6.07) is 10.8. The van der Waals surface area contributed by atoms with Gasteiger partial charge in [0.2, 0.25) is 0 Å². The molecule has 2 aromatic rings. The van der Waals surface area contributed by atoms with E-state index in [0.717, 1.165) is 63.6 Å². The smallest absolute Gasteiger partial charge is 0.191 e. The van der Waals surface area contributed by atoms with Crippen molar-refractivity contribution >= 4 is 5.96 Å². The highest BCUT2D eigenvalue weighted by molar-refractivity contribution is 5.80. The van der Waals surface area contributed by atoms with E-state index in [2.05, 4.69) is 67.7 Å². The zero-order valence-electron chi connectivity index (χ0n) is 19.4. The van der Waals surface area contributed by atoms with Crippen molar-refractivity contribution < 1.29 is 4.74 Å². The molecule has 1 atom stereocenters. The third-order valence-electron chi connectivity index (χ3n) is 5.24. The Labute approximate surface area is 182 Å². The largest absolute Gasteiger partial charge is 0.381 e. The molecule has 30 heavy (non-hydrogen) atoms. The Balaban J connectivity index is 1.66. The Morgan fingerprint density at radius 3 is 2.60 bits per heavy atom. The molecule has 1 aromatic carbocycles. The molecular formula is C24H39N5O. The van der Waals surface area contributed by atoms with Crippen molar-refractivity contribution in [2.45, 2.75) is 59.4 Å². The number of ether oxygens (including phenoxy) is 1. The number of aryl methyl sites for hydroxylation is 2. The van der Waals surface area contributed by atoms with Gasteiger partial charge in [-0.3, -0.25) is 9.67 Å². The van der Waals surface area contributed by atoms with E-state index < -0.39 is 0 Å². The van der Waals surface area contributed by atoms with Crippen LogP contribution in [0.15, 0.2) is 35.3 Å². The van der Waals surface area contributed by atoms with Gasteiger partial charge >= 0.3 is 0 Å². The van der Waals surface area contributed by atoms with E-state index in [4.69, 9.17) is 9.73 Å². The van der Waals surface area contributed by atoms with Crippen LogP contribution in [-0.2, 0) is 24.6 Å². The zero-order valence-corrected chi connectivity index (χ0v) is 19.4. The second kappa shape index (κ2) is 13.1. The van der Waals surface area contributed by atoms with E-state index in [-0.39, 0.29) is 6.04 Å². The van der Waals surface area contributed by atoms with Crippen LogP contribution in [0.3, 0.4) is 0 Å². The molecule has 2 N–H and O–H groups in total. The van der Waals surface area contributed by atoms with Gasteiger partial charge in [-0.1, -0.05) is 30.3 Å². The number of guanidine groups is 1. The maximum absolute atomic E-state index is 5.76. The number of rotatable bonds is 12. The van der Waals surface area contributed by atoms with Crippen molar-refractivity contribution in [2.75, 3.05) is 26.3 Å². The normalized spacial score (nSPS) is 12.8. The maximum atomic E-state index is 5.76. The molecule has 0 aliphatic carbocycles. The Morgan fingerprint density at radius 1 is 1.17 bits per heavy atom. The molecule has 0 bridgehead atoms. The van der Waals surface area contributed by atoms with Gasteiger partial charge in [0.15, 0.2) is 5.96 Å². The lowest BCUT2D eigenvalue weighted by Crippen LogP contribution is -2.43. The number of aromatic nitrogens is 2. The van der Waals surface area contributed by atoms with Crippen LogP contribution < -0.4 is 10.6 Å². The summed E-state index contributed by atoms with van der Waals surface area (Å²) in [6.07, 6.45) is 3.96. The first-order valence-electron chi connectivity index (χ1n) is 11.2. The van der Waals surface area contributed by atoms with Gasteiger partial charge in [-0.25, -0.2) is 0 Å². The van der Waals surface area contributed by atoms with Crippen LogP contribution in [-0.4, -0.2) is 48.1 Å². The minimum Gasteiger partial charge on any atom is -0.381 e. The highest BCUT2D eigenvalue weighted by atomic mass is 16.5. The molecule has 1 aromatic heterocycles. The SMILES string of the molecule is CCNC(=NCCCCOCCc1ccccc1)NC(C)Cc1c(C)nn(C)c1C. The fraction of sp³-hybridized carbons (Fsp3) is 0.583. The number of aliphatic imine (C=N–C) groups is 1. The van der Waals surface area contributed by atoms with Gasteiger partial charge in [0.1, 0.15) is 0 Å². The van der Waals surface area contributed by atoms with Gasteiger partial charge in [-0.2, -0.15) is 5.10 Å². The highest BCUT2D eigenvalue weighted by Gasteiger charge is 2.13. The fourth-order valence-corrected chi connectivity index (χ4v) is 3.47. The van der Waals surface area contributed by atoms with Gasteiger partial charge in [-0.15, -0.1) is 0 Å². The average molecular weight is 414 g/mol. The van der Waals surface area contributed by atoms with E-state index >= 15 is 0 Å². The van der Waals surface area contributed by atoms with Crippen LogP contribution in [0.25, 0.3) is 0 Å². The van der Waals surface area contributed by atoms with E-state index in [1.807, 2.05) is 17.8 Å². The van der Waals surface area contributed by atoms with Crippen molar-refractivity contribution in [3.63, 3.8) is 0 Å². The van der Waals surface area contributed by atoms with Crippen LogP contribution in [0, 0.1) is 13.8 Å². The average Bonchev–Trinajstić information content (AvgIpc) is 2.96. The van der Waals surface area contributed by atoms with E-state index in [9.17, 15) is 0 Å². The van der Waals surface area contributed by atoms with Gasteiger partial charge in [0, 0.05) is 38.5 Å².